The summed E-state index contributed by atoms with van der Waals surface area (Å²) in [5, 5.41) is 10.1. The zero-order valence-electron chi connectivity index (χ0n) is 20.2. The van der Waals surface area contributed by atoms with Crippen LogP contribution in [-0.2, 0) is 11.2 Å². The number of aryl methyl sites for hydroxylation is 1. The van der Waals surface area contributed by atoms with Gasteiger partial charge in [-0.2, -0.15) is 4.37 Å². The van der Waals surface area contributed by atoms with Crippen LogP contribution in [0.1, 0.15) is 21.6 Å². The molecule has 1 fully saturated rings. The van der Waals surface area contributed by atoms with Gasteiger partial charge in [-0.15, -0.1) is 0 Å². The number of aromatic carboxylic acids is 1. The predicted octanol–water partition coefficient (Wildman–Crippen LogP) is 1.90. The number of Topliss-reactive ketones (excluding diaryl/α,β-unsaturated/α-hetero) is 1. The summed E-state index contributed by atoms with van der Waals surface area (Å²) < 4.78 is 15.9. The lowest BCUT2D eigenvalue weighted by Gasteiger charge is -2.39. The number of fused-ring (bicyclic) bond motifs is 1. The SMILES string of the molecule is COc1ccc(CC(=O)C2CN(c3cc(C)c4c(=O)c(C(=O)O)cn(-c5ncns5)c4n3)C2)nc1OC. The summed E-state index contributed by atoms with van der Waals surface area (Å²) in [5.74, 6) is -0.0845. The molecular formula is C24H22N6O6S. The number of hydrogen-bond acceptors (Lipinski definition) is 11. The molecule has 0 atom stereocenters. The maximum Gasteiger partial charge on any atom is 0.341 e. The summed E-state index contributed by atoms with van der Waals surface area (Å²) in [6, 6.07) is 5.19. The zero-order valence-corrected chi connectivity index (χ0v) is 21.0. The van der Waals surface area contributed by atoms with E-state index in [-0.39, 0.29) is 34.7 Å². The molecule has 0 radical (unpaired) electrons. The molecular weight excluding hydrogens is 500 g/mol. The van der Waals surface area contributed by atoms with Crippen LogP contribution in [-0.4, -0.2) is 68.1 Å². The molecule has 1 aliphatic heterocycles. The first-order chi connectivity index (χ1) is 17.8. The number of aromatic nitrogens is 5. The van der Waals surface area contributed by atoms with E-state index in [2.05, 4.69) is 19.3 Å². The van der Waals surface area contributed by atoms with E-state index in [0.717, 1.165) is 11.5 Å². The molecule has 1 saturated heterocycles. The average Bonchev–Trinajstić information content (AvgIpc) is 3.37. The molecule has 4 aromatic rings. The fraction of sp³-hybridized carbons (Fsp3) is 0.292. The highest BCUT2D eigenvalue weighted by Crippen LogP contribution is 2.30. The van der Waals surface area contributed by atoms with E-state index in [1.54, 1.807) is 25.1 Å². The first-order valence-corrected chi connectivity index (χ1v) is 12.0. The van der Waals surface area contributed by atoms with Crippen molar-refractivity contribution in [3.63, 3.8) is 0 Å². The quantitative estimate of drug-likeness (QED) is 0.361. The molecule has 37 heavy (non-hydrogen) atoms. The van der Waals surface area contributed by atoms with E-state index in [1.165, 1.54) is 31.3 Å². The number of hydrogen-bond donors (Lipinski definition) is 1. The number of nitrogens with zero attached hydrogens (tertiary/aromatic N) is 6. The number of carboxylic acid groups (broad SMARTS) is 1. The number of ketones is 1. The van der Waals surface area contributed by atoms with Crippen LogP contribution in [0, 0.1) is 12.8 Å². The Bertz CT molecular complexity index is 1580. The van der Waals surface area contributed by atoms with Crippen LogP contribution in [0.3, 0.4) is 0 Å². The first kappa shape index (κ1) is 24.3. The lowest BCUT2D eigenvalue weighted by molar-refractivity contribution is -0.123. The van der Waals surface area contributed by atoms with Crippen molar-refractivity contribution >= 4 is 40.1 Å². The minimum atomic E-state index is -1.33. The third-order valence-corrected chi connectivity index (χ3v) is 6.91. The van der Waals surface area contributed by atoms with E-state index in [9.17, 15) is 19.5 Å². The molecule has 0 saturated carbocycles. The summed E-state index contributed by atoms with van der Waals surface area (Å²) in [5.41, 5.74) is 0.468. The molecule has 5 rings (SSSR count). The van der Waals surface area contributed by atoms with Gasteiger partial charge in [0.1, 0.15) is 23.5 Å². The standard InChI is InChI=1S/C24H22N6O6S/c1-12-6-18(28-21-19(12)20(32)15(23(33)34)10-30(21)24-25-11-26-37-24)29-8-13(9-29)16(31)7-14-4-5-17(35-2)22(27-14)36-3/h4-6,10-11,13H,7-9H2,1-3H3,(H,33,34). The number of rotatable bonds is 8. The molecule has 0 amide bonds. The minimum Gasteiger partial charge on any atom is -0.491 e. The molecule has 1 aliphatic rings. The molecule has 13 heteroatoms. The van der Waals surface area contributed by atoms with Crippen LogP contribution >= 0.6 is 11.5 Å². The molecule has 0 spiro atoms. The maximum atomic E-state index is 12.9. The third-order valence-electron chi connectivity index (χ3n) is 6.24. The van der Waals surface area contributed by atoms with Gasteiger partial charge in [-0.05, 0) is 30.7 Å². The first-order valence-electron chi connectivity index (χ1n) is 11.2. The number of carbonyl (C=O) groups excluding carboxylic acids is 1. The van der Waals surface area contributed by atoms with Gasteiger partial charge in [0.15, 0.2) is 11.4 Å². The number of ether oxygens (including phenoxy) is 2. The predicted molar refractivity (Wildman–Crippen MR) is 134 cm³/mol. The average molecular weight is 523 g/mol. The second-order valence-corrected chi connectivity index (χ2v) is 9.28. The van der Waals surface area contributed by atoms with Gasteiger partial charge in [0.25, 0.3) is 5.88 Å². The van der Waals surface area contributed by atoms with Gasteiger partial charge in [-0.3, -0.25) is 14.2 Å². The van der Waals surface area contributed by atoms with Gasteiger partial charge in [-0.25, -0.2) is 19.7 Å². The van der Waals surface area contributed by atoms with E-state index in [0.29, 0.717) is 46.9 Å². The van der Waals surface area contributed by atoms with Gasteiger partial charge in [-0.1, -0.05) is 0 Å². The monoisotopic (exact) mass is 522 g/mol. The van der Waals surface area contributed by atoms with Crippen molar-refractivity contribution in [2.45, 2.75) is 13.3 Å². The Morgan fingerprint density at radius 2 is 1.97 bits per heavy atom. The normalized spacial score (nSPS) is 13.4. The molecule has 5 heterocycles. The summed E-state index contributed by atoms with van der Waals surface area (Å²) in [6.45, 7) is 2.65. The van der Waals surface area contributed by atoms with Crippen LogP contribution in [0.4, 0.5) is 5.82 Å². The van der Waals surface area contributed by atoms with Gasteiger partial charge in [0.05, 0.1) is 31.2 Å². The fourth-order valence-electron chi connectivity index (χ4n) is 4.27. The molecule has 0 unspecified atom stereocenters. The largest absolute Gasteiger partial charge is 0.491 e. The molecule has 4 aromatic heterocycles. The van der Waals surface area contributed by atoms with Crippen LogP contribution in [0.2, 0.25) is 0 Å². The van der Waals surface area contributed by atoms with Crippen molar-refractivity contribution in [1.82, 2.24) is 23.9 Å². The molecule has 190 valence electrons. The Hall–Kier alpha value is -4.39. The van der Waals surface area contributed by atoms with E-state index < -0.39 is 11.4 Å². The molecule has 0 bridgehead atoms. The van der Waals surface area contributed by atoms with Crippen LogP contribution in [0.5, 0.6) is 11.6 Å². The van der Waals surface area contributed by atoms with Crippen molar-refractivity contribution in [3.05, 3.63) is 57.8 Å². The third kappa shape index (κ3) is 4.37. The van der Waals surface area contributed by atoms with Crippen LogP contribution in [0.25, 0.3) is 16.2 Å². The Balaban J connectivity index is 1.41. The topological polar surface area (TPSA) is 150 Å². The van der Waals surface area contributed by atoms with Crippen molar-refractivity contribution in [2.24, 2.45) is 5.92 Å². The van der Waals surface area contributed by atoms with Gasteiger partial charge in [0.2, 0.25) is 10.6 Å². The Labute approximate surface area is 214 Å². The molecule has 0 aromatic carbocycles. The van der Waals surface area contributed by atoms with Crippen molar-refractivity contribution in [1.29, 1.82) is 0 Å². The van der Waals surface area contributed by atoms with Gasteiger partial charge in [0, 0.05) is 37.2 Å². The minimum absolute atomic E-state index is 0.0466. The zero-order chi connectivity index (χ0) is 26.3. The maximum absolute atomic E-state index is 12.9. The Morgan fingerprint density at radius 3 is 2.62 bits per heavy atom. The summed E-state index contributed by atoms with van der Waals surface area (Å²) >= 11 is 1.05. The molecule has 12 nitrogen and oxygen atoms in total. The van der Waals surface area contributed by atoms with Crippen molar-refractivity contribution < 1.29 is 24.2 Å². The highest BCUT2D eigenvalue weighted by molar-refractivity contribution is 7.08. The van der Waals surface area contributed by atoms with Crippen molar-refractivity contribution in [3.8, 4) is 16.8 Å². The lowest BCUT2D eigenvalue weighted by atomic mass is 9.92. The summed E-state index contributed by atoms with van der Waals surface area (Å²) in [7, 11) is 3.01. The second kappa shape index (κ2) is 9.58. The van der Waals surface area contributed by atoms with Crippen LogP contribution < -0.4 is 19.8 Å². The number of pyridine rings is 3. The van der Waals surface area contributed by atoms with Gasteiger partial charge >= 0.3 is 5.97 Å². The highest BCUT2D eigenvalue weighted by atomic mass is 32.1. The molecule has 0 aliphatic carbocycles. The summed E-state index contributed by atoms with van der Waals surface area (Å²) in [4.78, 5) is 52.6. The second-order valence-electron chi connectivity index (χ2n) is 8.53. The van der Waals surface area contributed by atoms with E-state index >= 15 is 0 Å². The van der Waals surface area contributed by atoms with Gasteiger partial charge < -0.3 is 19.5 Å². The van der Waals surface area contributed by atoms with E-state index in [1.807, 2.05) is 4.90 Å². The number of methoxy groups -OCH3 is 2. The number of carboxylic acids is 1. The lowest BCUT2D eigenvalue weighted by Crippen LogP contribution is -2.51. The fourth-order valence-corrected chi connectivity index (χ4v) is 4.78. The number of carbonyl (C=O) groups is 2. The van der Waals surface area contributed by atoms with E-state index in [4.69, 9.17) is 9.47 Å². The smallest absolute Gasteiger partial charge is 0.341 e. The Morgan fingerprint density at radius 1 is 1.19 bits per heavy atom. The number of anilines is 1. The van der Waals surface area contributed by atoms with Crippen molar-refractivity contribution in [2.75, 3.05) is 32.2 Å². The Kier molecular flexibility index (Phi) is 6.29. The van der Waals surface area contributed by atoms with Crippen LogP contribution in [0.15, 0.2) is 35.5 Å². The molecule has 1 N–H and O–H groups in total. The summed E-state index contributed by atoms with van der Waals surface area (Å²) in [6.07, 6.45) is 2.74. The highest BCUT2D eigenvalue weighted by Gasteiger charge is 2.34.